The molecule has 0 radical (unpaired) electrons. The maximum atomic E-state index is 13.6. The number of halogens is 1. The molecule has 6 nitrogen and oxygen atoms in total. The number of methoxy groups -OCH3 is 1. The molecule has 4 rings (SSSR count). The highest BCUT2D eigenvalue weighted by molar-refractivity contribution is 6.30. The first kappa shape index (κ1) is 23.5. The van der Waals surface area contributed by atoms with Gasteiger partial charge in [0.15, 0.2) is 0 Å². The minimum atomic E-state index is -0.845. The number of hydrogen-bond acceptors (Lipinski definition) is 4. The predicted octanol–water partition coefficient (Wildman–Crippen LogP) is 5.28. The molecule has 7 heteroatoms. The first-order chi connectivity index (χ1) is 16.5. The van der Waals surface area contributed by atoms with Gasteiger partial charge in [0.1, 0.15) is 17.0 Å². The molecule has 174 valence electrons. The lowest BCUT2D eigenvalue weighted by atomic mass is 10.1. The van der Waals surface area contributed by atoms with Crippen molar-refractivity contribution in [3.05, 3.63) is 101 Å². The van der Waals surface area contributed by atoms with Crippen LogP contribution in [-0.4, -0.2) is 34.5 Å². The van der Waals surface area contributed by atoms with Crippen molar-refractivity contribution in [1.82, 2.24) is 14.5 Å². The molecule has 0 N–H and O–H groups in total. The zero-order valence-electron chi connectivity index (χ0n) is 19.3. The molecule has 0 aliphatic rings. The third kappa shape index (κ3) is 4.41. The fourth-order valence-corrected chi connectivity index (χ4v) is 4.38. The van der Waals surface area contributed by atoms with Gasteiger partial charge in [0.2, 0.25) is 5.91 Å². The molecule has 3 aromatic carbocycles. The van der Waals surface area contributed by atoms with E-state index in [1.54, 1.807) is 41.8 Å². The number of carbonyl (C=O) groups is 1. The third-order valence-corrected chi connectivity index (χ3v) is 6.38. The van der Waals surface area contributed by atoms with Gasteiger partial charge in [0.05, 0.1) is 29.7 Å². The largest absolute Gasteiger partial charge is 0.497 e. The third-order valence-electron chi connectivity index (χ3n) is 5.94. The van der Waals surface area contributed by atoms with E-state index in [1.165, 1.54) is 0 Å². The number of alkyl halides is 1. The summed E-state index contributed by atoms with van der Waals surface area (Å²) < 4.78 is 6.85. The Labute approximate surface area is 203 Å². The van der Waals surface area contributed by atoms with Crippen LogP contribution in [0.25, 0.3) is 16.6 Å². The van der Waals surface area contributed by atoms with Crippen molar-refractivity contribution in [3.63, 3.8) is 0 Å². The lowest BCUT2D eigenvalue weighted by Gasteiger charge is -2.30. The summed E-state index contributed by atoms with van der Waals surface area (Å²) in [5, 5.41) is -0.340. The standard InChI is InChI=1S/C27H26ClN3O3/c1-4-23(30(2)27(33)24(28)18-10-6-5-7-11-18)25-29-22-13-9-8-12-21(22)26(32)31(25)19-14-16-20(34-3)17-15-19/h5-17,23-24H,4H2,1-3H3. The van der Waals surface area contributed by atoms with Crippen LogP contribution in [0, 0.1) is 0 Å². The van der Waals surface area contributed by atoms with Gasteiger partial charge in [-0.05, 0) is 48.4 Å². The average molecular weight is 476 g/mol. The van der Waals surface area contributed by atoms with Gasteiger partial charge < -0.3 is 9.64 Å². The molecule has 1 aromatic heterocycles. The zero-order chi connectivity index (χ0) is 24.2. The first-order valence-electron chi connectivity index (χ1n) is 11.1. The van der Waals surface area contributed by atoms with Crippen LogP contribution < -0.4 is 10.3 Å². The summed E-state index contributed by atoms with van der Waals surface area (Å²) in [6.07, 6.45) is 0.543. The highest BCUT2D eigenvalue weighted by Gasteiger charge is 2.30. The molecular formula is C27H26ClN3O3. The Bertz CT molecular complexity index is 1350. The maximum Gasteiger partial charge on any atom is 0.266 e. The Hall–Kier alpha value is -3.64. The summed E-state index contributed by atoms with van der Waals surface area (Å²) in [7, 11) is 3.29. The smallest absolute Gasteiger partial charge is 0.266 e. The molecule has 4 aromatic rings. The van der Waals surface area contributed by atoms with Crippen molar-refractivity contribution in [3.8, 4) is 11.4 Å². The lowest BCUT2D eigenvalue weighted by molar-refractivity contribution is -0.132. The maximum absolute atomic E-state index is 13.6. The Morgan fingerprint density at radius 2 is 1.68 bits per heavy atom. The van der Waals surface area contributed by atoms with E-state index in [4.69, 9.17) is 21.3 Å². The minimum Gasteiger partial charge on any atom is -0.497 e. The molecule has 0 spiro atoms. The average Bonchev–Trinajstić information content (AvgIpc) is 2.89. The van der Waals surface area contributed by atoms with Gasteiger partial charge >= 0.3 is 0 Å². The van der Waals surface area contributed by atoms with Crippen LogP contribution in [0.2, 0.25) is 0 Å². The molecule has 34 heavy (non-hydrogen) atoms. The van der Waals surface area contributed by atoms with E-state index in [1.807, 2.05) is 67.6 Å². The molecule has 2 atom stereocenters. The van der Waals surface area contributed by atoms with E-state index in [0.717, 1.165) is 5.56 Å². The summed E-state index contributed by atoms with van der Waals surface area (Å²) >= 11 is 6.56. The number of benzene rings is 3. The van der Waals surface area contributed by atoms with Crippen LogP contribution in [0.4, 0.5) is 0 Å². The number of fused-ring (bicyclic) bond motifs is 1. The van der Waals surface area contributed by atoms with Gasteiger partial charge in [-0.15, -0.1) is 11.6 Å². The fourth-order valence-electron chi connectivity index (χ4n) is 4.08. The van der Waals surface area contributed by atoms with Crippen molar-refractivity contribution in [2.75, 3.05) is 14.2 Å². The van der Waals surface area contributed by atoms with E-state index < -0.39 is 11.4 Å². The van der Waals surface area contributed by atoms with Crippen molar-refractivity contribution in [2.45, 2.75) is 24.8 Å². The molecule has 0 aliphatic carbocycles. The molecule has 0 saturated carbocycles. The van der Waals surface area contributed by atoms with Crippen LogP contribution in [0.3, 0.4) is 0 Å². The lowest BCUT2D eigenvalue weighted by Crippen LogP contribution is -2.37. The molecule has 1 heterocycles. The van der Waals surface area contributed by atoms with Crippen LogP contribution in [0.15, 0.2) is 83.7 Å². The molecule has 1 amide bonds. The zero-order valence-corrected chi connectivity index (χ0v) is 20.1. The summed E-state index contributed by atoms with van der Waals surface area (Å²) in [4.78, 5) is 33.4. The van der Waals surface area contributed by atoms with E-state index >= 15 is 0 Å². The van der Waals surface area contributed by atoms with E-state index in [9.17, 15) is 9.59 Å². The molecular weight excluding hydrogens is 450 g/mol. The van der Waals surface area contributed by atoms with E-state index in [-0.39, 0.29) is 11.5 Å². The second kappa shape index (κ2) is 10.1. The van der Waals surface area contributed by atoms with Crippen LogP contribution >= 0.6 is 11.6 Å². The SMILES string of the molecule is CCC(c1nc2ccccc2c(=O)n1-c1ccc(OC)cc1)N(C)C(=O)C(Cl)c1ccccc1. The van der Waals surface area contributed by atoms with E-state index in [2.05, 4.69) is 0 Å². The molecule has 0 aliphatic heterocycles. The van der Waals surface area contributed by atoms with Crippen LogP contribution in [0.1, 0.15) is 36.2 Å². The van der Waals surface area contributed by atoms with E-state index in [0.29, 0.717) is 34.6 Å². The second-order valence-electron chi connectivity index (χ2n) is 7.97. The number of hydrogen-bond donors (Lipinski definition) is 0. The summed E-state index contributed by atoms with van der Waals surface area (Å²) in [6.45, 7) is 1.96. The molecule has 0 saturated heterocycles. The van der Waals surface area contributed by atoms with Gasteiger partial charge in [-0.1, -0.05) is 49.4 Å². The number of nitrogens with zero attached hydrogens (tertiary/aromatic N) is 3. The number of aromatic nitrogens is 2. The van der Waals surface area contributed by atoms with Crippen molar-refractivity contribution in [2.24, 2.45) is 0 Å². The first-order valence-corrected chi connectivity index (χ1v) is 11.5. The van der Waals surface area contributed by atoms with Crippen molar-refractivity contribution >= 4 is 28.4 Å². The Morgan fingerprint density at radius 3 is 2.32 bits per heavy atom. The monoisotopic (exact) mass is 475 g/mol. The number of rotatable bonds is 7. The number of ether oxygens (including phenoxy) is 1. The Kier molecular flexibility index (Phi) is 6.98. The highest BCUT2D eigenvalue weighted by atomic mass is 35.5. The minimum absolute atomic E-state index is 0.199. The van der Waals surface area contributed by atoms with Gasteiger partial charge in [-0.2, -0.15) is 0 Å². The quantitative estimate of drug-likeness (QED) is 0.341. The number of para-hydroxylation sites is 1. The topological polar surface area (TPSA) is 64.4 Å². The molecule has 0 fully saturated rings. The summed E-state index contributed by atoms with van der Waals surface area (Å²) in [6, 6.07) is 23.2. The van der Waals surface area contributed by atoms with Crippen molar-refractivity contribution in [1.29, 1.82) is 0 Å². The fraction of sp³-hybridized carbons (Fsp3) is 0.222. The second-order valence-corrected chi connectivity index (χ2v) is 8.41. The van der Waals surface area contributed by atoms with Crippen LogP contribution in [0.5, 0.6) is 5.75 Å². The molecule has 2 unspecified atom stereocenters. The van der Waals surface area contributed by atoms with Gasteiger partial charge in [-0.25, -0.2) is 4.98 Å². The Morgan fingerprint density at radius 1 is 1.03 bits per heavy atom. The van der Waals surface area contributed by atoms with Gasteiger partial charge in [0, 0.05) is 7.05 Å². The number of likely N-dealkylation sites (N-methyl/N-ethyl adjacent to an activating group) is 1. The normalized spacial score (nSPS) is 12.8. The van der Waals surface area contributed by atoms with Crippen molar-refractivity contribution < 1.29 is 9.53 Å². The van der Waals surface area contributed by atoms with Crippen LogP contribution in [-0.2, 0) is 4.79 Å². The summed E-state index contributed by atoms with van der Waals surface area (Å²) in [5.74, 6) is 0.895. The number of amides is 1. The van der Waals surface area contributed by atoms with Gasteiger partial charge in [0.25, 0.3) is 5.56 Å². The van der Waals surface area contributed by atoms with Gasteiger partial charge in [-0.3, -0.25) is 14.2 Å². The highest BCUT2D eigenvalue weighted by Crippen LogP contribution is 2.30. The molecule has 0 bridgehead atoms. The Balaban J connectivity index is 1.85. The summed E-state index contributed by atoms with van der Waals surface area (Å²) in [5.41, 5.74) is 1.74. The predicted molar refractivity (Wildman–Crippen MR) is 135 cm³/mol. The number of carbonyl (C=O) groups excluding carboxylic acids is 1.